The molecule has 33 heavy (non-hydrogen) atoms. The molecule has 2 amide bonds. The molecule has 1 atom stereocenters. The van der Waals surface area contributed by atoms with Crippen LogP contribution in [0, 0.1) is 5.82 Å². The molecule has 9 heteroatoms. The first-order chi connectivity index (χ1) is 15.9. The lowest BCUT2D eigenvalue weighted by atomic mass is 10.0. The third-order valence-corrected chi connectivity index (χ3v) is 6.92. The predicted molar refractivity (Wildman–Crippen MR) is 129 cm³/mol. The van der Waals surface area contributed by atoms with Crippen LogP contribution >= 0.6 is 27.7 Å². The van der Waals surface area contributed by atoms with Crippen LogP contribution < -0.4 is 15.4 Å². The predicted octanol–water partition coefficient (Wildman–Crippen LogP) is 5.37. The van der Waals surface area contributed by atoms with Crippen LogP contribution in [0.4, 0.5) is 14.9 Å². The number of hydrogen-bond acceptors (Lipinski definition) is 5. The van der Waals surface area contributed by atoms with E-state index in [1.165, 1.54) is 22.7 Å². The molecule has 170 valence electrons. The second kappa shape index (κ2) is 9.84. The van der Waals surface area contributed by atoms with Crippen LogP contribution in [0.3, 0.4) is 0 Å². The number of nitrogens with two attached hydrogens (primary N) is 1. The maximum absolute atomic E-state index is 14.2. The fourth-order valence-corrected chi connectivity index (χ4v) is 4.91. The molecule has 1 aliphatic rings. The highest BCUT2D eigenvalue weighted by atomic mass is 79.9. The Morgan fingerprint density at radius 3 is 2.39 bits per heavy atom. The minimum atomic E-state index is -1.07. The van der Waals surface area contributed by atoms with Gasteiger partial charge in [-0.15, -0.1) is 11.8 Å². The van der Waals surface area contributed by atoms with Gasteiger partial charge in [0.05, 0.1) is 23.8 Å². The molecule has 3 aromatic rings. The maximum Gasteiger partial charge on any atom is 0.405 e. The van der Waals surface area contributed by atoms with Crippen LogP contribution in [0.15, 0.2) is 70.0 Å². The van der Waals surface area contributed by atoms with Gasteiger partial charge in [0.1, 0.15) is 11.6 Å². The molecule has 0 aliphatic carbocycles. The Kier molecular flexibility index (Phi) is 6.90. The summed E-state index contributed by atoms with van der Waals surface area (Å²) in [6.07, 6.45) is -2.10. The Hall–Kier alpha value is -3.04. The van der Waals surface area contributed by atoms with Gasteiger partial charge in [0, 0.05) is 10.6 Å². The highest BCUT2D eigenvalue weighted by Gasteiger charge is 2.34. The molecule has 0 spiro atoms. The van der Waals surface area contributed by atoms with Crippen molar-refractivity contribution in [3.05, 3.63) is 76.5 Å². The Morgan fingerprint density at radius 2 is 1.79 bits per heavy atom. The highest BCUT2D eigenvalue weighted by molar-refractivity contribution is 9.10. The number of amides is 2. The van der Waals surface area contributed by atoms with Gasteiger partial charge in [-0.3, -0.25) is 4.79 Å². The number of thioether (sulfide) groups is 1. The van der Waals surface area contributed by atoms with E-state index < -0.39 is 23.9 Å². The summed E-state index contributed by atoms with van der Waals surface area (Å²) in [5.41, 5.74) is 8.60. The molecule has 6 nitrogen and oxygen atoms in total. The Morgan fingerprint density at radius 1 is 1.15 bits per heavy atom. The molecule has 0 fully saturated rings. The number of carbonyl (C=O) groups is 2. The van der Waals surface area contributed by atoms with Crippen molar-refractivity contribution in [2.75, 3.05) is 17.8 Å². The summed E-state index contributed by atoms with van der Waals surface area (Å²) in [6.45, 7) is 0.214. The standard InChI is InChI=1S/C24H20BrFN2O4S/c1-31-17-8-6-16(7-9-17)15-4-2-14(3-5-15)12-28-20-10-18(25)19(26)11-22(20)33-13-21(23(28)29)32-24(27)30/h2-11,21H,12-13H2,1H3,(H2,27,30)/t21-/m0/s1. The first-order valence-electron chi connectivity index (χ1n) is 9.98. The van der Waals surface area contributed by atoms with Gasteiger partial charge in [0.25, 0.3) is 5.91 Å². The summed E-state index contributed by atoms with van der Waals surface area (Å²) in [5, 5.41) is 0. The maximum atomic E-state index is 14.2. The number of halogens is 2. The first kappa shape index (κ1) is 23.1. The summed E-state index contributed by atoms with van der Waals surface area (Å²) in [7, 11) is 1.62. The zero-order valence-electron chi connectivity index (χ0n) is 17.6. The lowest BCUT2D eigenvalue weighted by molar-refractivity contribution is -0.125. The van der Waals surface area contributed by atoms with Gasteiger partial charge in [-0.25, -0.2) is 9.18 Å². The van der Waals surface area contributed by atoms with Crippen molar-refractivity contribution < 1.29 is 23.5 Å². The largest absolute Gasteiger partial charge is 0.497 e. The van der Waals surface area contributed by atoms with Crippen LogP contribution in [0.5, 0.6) is 5.75 Å². The molecule has 0 radical (unpaired) electrons. The van der Waals surface area contributed by atoms with E-state index in [9.17, 15) is 14.0 Å². The van der Waals surface area contributed by atoms with Crippen LogP contribution in [-0.2, 0) is 16.1 Å². The lowest BCUT2D eigenvalue weighted by Crippen LogP contribution is -2.42. The summed E-state index contributed by atoms with van der Waals surface area (Å²) < 4.78 is 24.7. The number of methoxy groups -OCH3 is 1. The number of ether oxygens (including phenoxy) is 2. The van der Waals surface area contributed by atoms with Crippen molar-refractivity contribution >= 4 is 45.4 Å². The van der Waals surface area contributed by atoms with E-state index in [1.54, 1.807) is 13.2 Å². The van der Waals surface area contributed by atoms with E-state index in [0.717, 1.165) is 22.4 Å². The first-order valence-corrected chi connectivity index (χ1v) is 11.8. The van der Waals surface area contributed by atoms with Gasteiger partial charge >= 0.3 is 6.09 Å². The number of benzene rings is 3. The Labute approximate surface area is 203 Å². The quantitative estimate of drug-likeness (QED) is 0.479. The molecule has 3 aromatic carbocycles. The van der Waals surface area contributed by atoms with Crippen molar-refractivity contribution in [1.82, 2.24) is 0 Å². The number of fused-ring (bicyclic) bond motifs is 1. The highest BCUT2D eigenvalue weighted by Crippen LogP contribution is 2.39. The number of carbonyl (C=O) groups excluding carboxylic acids is 2. The average molecular weight is 531 g/mol. The third-order valence-electron chi connectivity index (χ3n) is 5.20. The molecular formula is C24H20BrFN2O4S. The van der Waals surface area contributed by atoms with Crippen molar-refractivity contribution in [2.45, 2.75) is 17.5 Å². The van der Waals surface area contributed by atoms with Gasteiger partial charge in [-0.05, 0) is 56.9 Å². The number of primary amides is 1. The van der Waals surface area contributed by atoms with E-state index in [-0.39, 0.29) is 16.8 Å². The molecule has 0 aromatic heterocycles. The van der Waals surface area contributed by atoms with E-state index in [0.29, 0.717) is 10.6 Å². The molecule has 0 saturated heterocycles. The molecule has 1 heterocycles. The van der Waals surface area contributed by atoms with Gasteiger partial charge in [0.2, 0.25) is 0 Å². The van der Waals surface area contributed by atoms with Gasteiger partial charge in [-0.2, -0.15) is 0 Å². The zero-order valence-corrected chi connectivity index (χ0v) is 20.0. The fraction of sp³-hybridized carbons (Fsp3) is 0.167. The van der Waals surface area contributed by atoms with E-state index in [4.69, 9.17) is 15.2 Å². The molecule has 0 saturated carbocycles. The summed E-state index contributed by atoms with van der Waals surface area (Å²) in [5.74, 6) is 0.0643. The minimum absolute atomic E-state index is 0.142. The third kappa shape index (κ3) is 5.15. The van der Waals surface area contributed by atoms with E-state index in [2.05, 4.69) is 15.9 Å². The van der Waals surface area contributed by atoms with E-state index >= 15 is 0 Å². The summed E-state index contributed by atoms with van der Waals surface area (Å²) in [6, 6.07) is 18.4. The molecule has 2 N–H and O–H groups in total. The SMILES string of the molecule is COc1ccc(-c2ccc(CN3C(=O)[C@@H](OC(N)=O)CSc4cc(F)c(Br)cc43)cc2)cc1. The zero-order chi connectivity index (χ0) is 23.5. The van der Waals surface area contributed by atoms with Crippen LogP contribution in [0.1, 0.15) is 5.56 Å². The fourth-order valence-electron chi connectivity index (χ4n) is 3.53. The average Bonchev–Trinajstić information content (AvgIpc) is 2.92. The van der Waals surface area contributed by atoms with Crippen molar-refractivity contribution in [2.24, 2.45) is 5.73 Å². The normalized spacial score (nSPS) is 15.5. The molecular weight excluding hydrogens is 511 g/mol. The topological polar surface area (TPSA) is 81.9 Å². The minimum Gasteiger partial charge on any atom is -0.497 e. The monoisotopic (exact) mass is 530 g/mol. The molecule has 0 bridgehead atoms. The van der Waals surface area contributed by atoms with Gasteiger partial charge in [0.15, 0.2) is 6.10 Å². The van der Waals surface area contributed by atoms with Crippen molar-refractivity contribution in [3.63, 3.8) is 0 Å². The van der Waals surface area contributed by atoms with Crippen molar-refractivity contribution in [1.29, 1.82) is 0 Å². The molecule has 1 aliphatic heterocycles. The second-order valence-electron chi connectivity index (χ2n) is 7.32. The number of anilines is 1. The van der Waals surface area contributed by atoms with Gasteiger partial charge < -0.3 is 20.1 Å². The van der Waals surface area contributed by atoms with Crippen molar-refractivity contribution in [3.8, 4) is 16.9 Å². The number of nitrogens with zero attached hydrogens (tertiary/aromatic N) is 1. The van der Waals surface area contributed by atoms with Crippen LogP contribution in [0.2, 0.25) is 0 Å². The summed E-state index contributed by atoms with van der Waals surface area (Å²) in [4.78, 5) is 26.7. The smallest absolute Gasteiger partial charge is 0.405 e. The number of hydrogen-bond donors (Lipinski definition) is 1. The van der Waals surface area contributed by atoms with E-state index in [1.807, 2.05) is 48.5 Å². The lowest BCUT2D eigenvalue weighted by Gasteiger charge is -2.25. The number of rotatable bonds is 5. The molecule has 0 unspecified atom stereocenters. The Bertz CT molecular complexity index is 1190. The Balaban J connectivity index is 1.64. The van der Waals surface area contributed by atoms with Crippen LogP contribution in [0.25, 0.3) is 11.1 Å². The van der Waals surface area contributed by atoms with Crippen LogP contribution in [-0.4, -0.2) is 31.0 Å². The second-order valence-corrected chi connectivity index (χ2v) is 9.24. The van der Waals surface area contributed by atoms with Gasteiger partial charge in [-0.1, -0.05) is 36.4 Å². The summed E-state index contributed by atoms with van der Waals surface area (Å²) >= 11 is 4.43. The molecule has 4 rings (SSSR count).